The van der Waals surface area contributed by atoms with Crippen LogP contribution in [0.4, 0.5) is 0 Å². The first-order chi connectivity index (χ1) is 7.79. The van der Waals surface area contributed by atoms with Gasteiger partial charge in [-0.1, -0.05) is 20.8 Å². The van der Waals surface area contributed by atoms with Crippen molar-refractivity contribution in [3.63, 3.8) is 0 Å². The van der Waals surface area contributed by atoms with Gasteiger partial charge < -0.3 is 9.74 Å². The van der Waals surface area contributed by atoms with Crippen LogP contribution in [0.3, 0.4) is 0 Å². The Morgan fingerprint density at radius 3 is 2.59 bits per heavy atom. The minimum absolute atomic E-state index is 0.328. The standard InChI is InChI=1S/C13H28N2OSi/c1-13(2,3)17(4,5)16-12-8-11-9-14-6-7-15(11)10-12/h11-12,14H,6-10H2,1-5H3/t11-,12+/m0/s1. The topological polar surface area (TPSA) is 24.5 Å². The first kappa shape index (κ1) is 13.5. The van der Waals surface area contributed by atoms with Crippen molar-refractivity contribution in [2.24, 2.45) is 0 Å². The fourth-order valence-corrected chi connectivity index (χ4v) is 3.95. The number of nitrogens with one attached hydrogen (secondary N) is 1. The largest absolute Gasteiger partial charge is 0.413 e. The Balaban J connectivity index is 1.93. The molecular weight excluding hydrogens is 228 g/mol. The third kappa shape index (κ3) is 2.92. The molecule has 0 amide bonds. The van der Waals surface area contributed by atoms with Gasteiger partial charge in [-0.2, -0.15) is 0 Å². The summed E-state index contributed by atoms with van der Waals surface area (Å²) in [4.78, 5) is 2.61. The molecular formula is C13H28N2OSi. The zero-order valence-electron chi connectivity index (χ0n) is 12.0. The van der Waals surface area contributed by atoms with Crippen LogP contribution in [0.25, 0.3) is 0 Å². The molecule has 3 nitrogen and oxygen atoms in total. The minimum Gasteiger partial charge on any atom is -0.413 e. The molecule has 2 fully saturated rings. The van der Waals surface area contributed by atoms with Gasteiger partial charge in [0, 0.05) is 32.2 Å². The van der Waals surface area contributed by atoms with Crippen LogP contribution in [-0.2, 0) is 4.43 Å². The van der Waals surface area contributed by atoms with Gasteiger partial charge in [-0.05, 0) is 24.6 Å². The molecule has 2 saturated heterocycles. The van der Waals surface area contributed by atoms with Gasteiger partial charge in [0.2, 0.25) is 0 Å². The van der Waals surface area contributed by atoms with Gasteiger partial charge in [0.25, 0.3) is 0 Å². The van der Waals surface area contributed by atoms with Crippen LogP contribution >= 0.6 is 0 Å². The third-order valence-electron chi connectivity index (χ3n) is 4.71. The van der Waals surface area contributed by atoms with E-state index < -0.39 is 8.32 Å². The van der Waals surface area contributed by atoms with Gasteiger partial charge in [-0.25, -0.2) is 0 Å². The smallest absolute Gasteiger partial charge is 0.192 e. The number of piperazine rings is 1. The Bertz CT molecular complexity index is 261. The molecule has 0 aromatic rings. The Morgan fingerprint density at radius 1 is 1.29 bits per heavy atom. The summed E-state index contributed by atoms with van der Waals surface area (Å²) in [6, 6.07) is 0.721. The molecule has 0 unspecified atom stereocenters. The summed E-state index contributed by atoms with van der Waals surface area (Å²) >= 11 is 0. The van der Waals surface area contributed by atoms with Gasteiger partial charge in [0.15, 0.2) is 8.32 Å². The van der Waals surface area contributed by atoms with E-state index in [1.165, 1.54) is 13.0 Å². The average molecular weight is 256 g/mol. The summed E-state index contributed by atoms with van der Waals surface area (Å²) in [5.74, 6) is 0. The monoisotopic (exact) mass is 256 g/mol. The predicted octanol–water partition coefficient (Wildman–Crippen LogP) is 2.05. The van der Waals surface area contributed by atoms with Crippen LogP contribution in [0.5, 0.6) is 0 Å². The van der Waals surface area contributed by atoms with Crippen molar-refractivity contribution in [3.8, 4) is 0 Å². The lowest BCUT2D eigenvalue weighted by Crippen LogP contribution is -2.47. The molecule has 17 heavy (non-hydrogen) atoms. The molecule has 2 heterocycles. The van der Waals surface area contributed by atoms with Crippen molar-refractivity contribution < 1.29 is 4.43 Å². The highest BCUT2D eigenvalue weighted by Crippen LogP contribution is 2.38. The van der Waals surface area contributed by atoms with Crippen LogP contribution in [0.15, 0.2) is 0 Å². The Hall–Kier alpha value is 0.0969. The number of hydrogen-bond donors (Lipinski definition) is 1. The van der Waals surface area contributed by atoms with Gasteiger partial charge >= 0.3 is 0 Å². The quantitative estimate of drug-likeness (QED) is 0.765. The van der Waals surface area contributed by atoms with Crippen LogP contribution in [0, 0.1) is 0 Å². The summed E-state index contributed by atoms with van der Waals surface area (Å²) in [5.41, 5.74) is 0. The molecule has 0 aliphatic carbocycles. The highest BCUT2D eigenvalue weighted by Gasteiger charge is 2.42. The number of fused-ring (bicyclic) bond motifs is 1. The highest BCUT2D eigenvalue weighted by atomic mass is 28.4. The van der Waals surface area contributed by atoms with Crippen molar-refractivity contribution in [3.05, 3.63) is 0 Å². The SMILES string of the molecule is CC(C)(C)[Si](C)(C)O[C@@H]1C[C@H]2CNCCN2C1. The summed E-state index contributed by atoms with van der Waals surface area (Å²) in [7, 11) is -1.58. The van der Waals surface area contributed by atoms with Crippen molar-refractivity contribution in [1.29, 1.82) is 0 Å². The number of nitrogens with zero attached hydrogens (tertiary/aromatic N) is 1. The Labute approximate surface area is 107 Å². The van der Waals surface area contributed by atoms with Crippen molar-refractivity contribution in [2.75, 3.05) is 26.2 Å². The molecule has 100 valence electrons. The lowest BCUT2D eigenvalue weighted by molar-refractivity contribution is 0.174. The lowest BCUT2D eigenvalue weighted by Gasteiger charge is -2.38. The molecule has 0 aromatic heterocycles. The number of hydrogen-bond acceptors (Lipinski definition) is 3. The zero-order chi connectivity index (χ0) is 12.7. The van der Waals surface area contributed by atoms with Gasteiger partial charge in [0.1, 0.15) is 0 Å². The van der Waals surface area contributed by atoms with Crippen LogP contribution < -0.4 is 5.32 Å². The maximum atomic E-state index is 6.52. The molecule has 2 aliphatic rings. The molecule has 0 bridgehead atoms. The van der Waals surface area contributed by atoms with E-state index in [0.29, 0.717) is 11.1 Å². The molecule has 0 aromatic carbocycles. The van der Waals surface area contributed by atoms with E-state index in [0.717, 1.165) is 25.7 Å². The zero-order valence-corrected chi connectivity index (χ0v) is 13.0. The summed E-state index contributed by atoms with van der Waals surface area (Å²) in [5, 5.41) is 3.81. The maximum absolute atomic E-state index is 6.52. The molecule has 0 radical (unpaired) electrons. The molecule has 0 saturated carbocycles. The molecule has 4 heteroatoms. The van der Waals surface area contributed by atoms with Crippen LogP contribution in [-0.4, -0.2) is 51.5 Å². The maximum Gasteiger partial charge on any atom is 0.192 e. The third-order valence-corrected chi connectivity index (χ3v) is 9.25. The molecule has 1 N–H and O–H groups in total. The second kappa shape index (κ2) is 4.65. The Morgan fingerprint density at radius 2 is 2.00 bits per heavy atom. The Kier molecular flexibility index (Phi) is 3.70. The number of rotatable bonds is 2. The first-order valence-electron chi connectivity index (χ1n) is 6.92. The summed E-state index contributed by atoms with van der Waals surface area (Å²) < 4.78 is 6.52. The molecule has 2 rings (SSSR count). The molecule has 2 aliphatic heterocycles. The van der Waals surface area contributed by atoms with E-state index in [1.807, 2.05) is 0 Å². The second-order valence-corrected chi connectivity index (χ2v) is 11.8. The van der Waals surface area contributed by atoms with Gasteiger partial charge in [-0.15, -0.1) is 0 Å². The van der Waals surface area contributed by atoms with E-state index in [2.05, 4.69) is 44.1 Å². The highest BCUT2D eigenvalue weighted by molar-refractivity contribution is 6.74. The van der Waals surface area contributed by atoms with Crippen molar-refractivity contribution in [1.82, 2.24) is 10.2 Å². The van der Waals surface area contributed by atoms with Crippen LogP contribution in [0.2, 0.25) is 18.1 Å². The van der Waals surface area contributed by atoms with Crippen LogP contribution in [0.1, 0.15) is 27.2 Å². The van der Waals surface area contributed by atoms with E-state index >= 15 is 0 Å². The minimum atomic E-state index is -1.58. The van der Waals surface area contributed by atoms with E-state index in [4.69, 9.17) is 4.43 Å². The second-order valence-electron chi connectivity index (χ2n) is 7.09. The van der Waals surface area contributed by atoms with E-state index in [1.54, 1.807) is 0 Å². The average Bonchev–Trinajstić information content (AvgIpc) is 2.56. The normalized spacial score (nSPS) is 31.6. The first-order valence-corrected chi connectivity index (χ1v) is 9.83. The fourth-order valence-electron chi connectivity index (χ4n) is 2.59. The molecule has 0 spiro atoms. The van der Waals surface area contributed by atoms with E-state index in [-0.39, 0.29) is 0 Å². The van der Waals surface area contributed by atoms with Gasteiger partial charge in [0.05, 0.1) is 6.10 Å². The molecule has 2 atom stereocenters. The van der Waals surface area contributed by atoms with Crippen molar-refractivity contribution >= 4 is 8.32 Å². The summed E-state index contributed by atoms with van der Waals surface area (Å²) in [6.45, 7) is 16.3. The van der Waals surface area contributed by atoms with Crippen molar-refractivity contribution in [2.45, 2.75) is 57.5 Å². The predicted molar refractivity (Wildman–Crippen MR) is 74.9 cm³/mol. The van der Waals surface area contributed by atoms with E-state index in [9.17, 15) is 0 Å². The lowest BCUT2D eigenvalue weighted by atomic mass is 10.2. The fraction of sp³-hybridized carbons (Fsp3) is 1.00. The summed E-state index contributed by atoms with van der Waals surface area (Å²) in [6.07, 6.45) is 1.69. The van der Waals surface area contributed by atoms with Gasteiger partial charge in [-0.3, -0.25) is 4.90 Å².